The lowest BCUT2D eigenvalue weighted by Gasteiger charge is -2.11. The van der Waals surface area contributed by atoms with E-state index in [0.717, 1.165) is 4.68 Å². The fourth-order valence-electron chi connectivity index (χ4n) is 2.17. The van der Waals surface area contributed by atoms with Crippen LogP contribution in [0.25, 0.3) is 5.82 Å². The van der Waals surface area contributed by atoms with Gasteiger partial charge in [-0.25, -0.2) is 9.36 Å². The Morgan fingerprint density at radius 3 is 2.78 bits per heavy atom. The number of aryl methyl sites for hydroxylation is 1. The Balaban J connectivity index is 2.09. The van der Waals surface area contributed by atoms with Crippen LogP contribution < -0.4 is 4.74 Å². The van der Waals surface area contributed by atoms with Crippen LogP contribution in [0.4, 0.5) is 8.78 Å². The van der Waals surface area contributed by atoms with Crippen LogP contribution in [0.1, 0.15) is 17.5 Å². The second-order valence-corrected chi connectivity index (χ2v) is 4.86. The molecule has 0 unspecified atom stereocenters. The highest BCUT2D eigenvalue weighted by atomic mass is 35.5. The van der Waals surface area contributed by atoms with Gasteiger partial charge in [-0.05, 0) is 0 Å². The van der Waals surface area contributed by atoms with Gasteiger partial charge >= 0.3 is 6.61 Å². The SMILES string of the molecule is Cn1nc(-n2ncc(C#N)c2C2OCCO2)c(Cl)c1OC(F)F. The molecular weight excluding hydrogens is 336 g/mol. The van der Waals surface area contributed by atoms with Crippen molar-refractivity contribution in [2.24, 2.45) is 7.05 Å². The molecule has 3 heterocycles. The first kappa shape index (κ1) is 15.7. The number of aromatic nitrogens is 4. The third kappa shape index (κ3) is 2.74. The minimum absolute atomic E-state index is 0.0282. The van der Waals surface area contributed by atoms with Crippen LogP contribution >= 0.6 is 11.6 Å². The quantitative estimate of drug-likeness (QED) is 0.839. The van der Waals surface area contributed by atoms with Gasteiger partial charge in [0.2, 0.25) is 12.2 Å². The third-order valence-electron chi connectivity index (χ3n) is 3.10. The summed E-state index contributed by atoms with van der Waals surface area (Å²) in [4.78, 5) is 0. The zero-order valence-corrected chi connectivity index (χ0v) is 12.5. The summed E-state index contributed by atoms with van der Waals surface area (Å²) in [6.45, 7) is -2.34. The zero-order chi connectivity index (χ0) is 16.6. The highest BCUT2D eigenvalue weighted by Gasteiger charge is 2.30. The van der Waals surface area contributed by atoms with Crippen LogP contribution in [-0.4, -0.2) is 39.4 Å². The van der Waals surface area contributed by atoms with Gasteiger partial charge in [-0.1, -0.05) is 11.6 Å². The first-order chi connectivity index (χ1) is 11.0. The van der Waals surface area contributed by atoms with Gasteiger partial charge in [0.15, 0.2) is 5.82 Å². The monoisotopic (exact) mass is 345 g/mol. The van der Waals surface area contributed by atoms with Crippen LogP contribution in [0.15, 0.2) is 6.20 Å². The van der Waals surface area contributed by atoms with E-state index in [1.165, 1.54) is 17.9 Å². The number of ether oxygens (including phenoxy) is 3. The molecule has 0 spiro atoms. The number of alkyl halides is 2. The summed E-state index contributed by atoms with van der Waals surface area (Å²) < 4.78 is 42.3. The summed E-state index contributed by atoms with van der Waals surface area (Å²) in [6.07, 6.45) is 0.476. The molecule has 1 aliphatic rings. The summed E-state index contributed by atoms with van der Waals surface area (Å²) in [5.74, 6) is -0.287. The first-order valence-electron chi connectivity index (χ1n) is 6.41. The molecule has 2 aromatic heterocycles. The Bertz CT molecular complexity index is 764. The van der Waals surface area contributed by atoms with E-state index in [4.69, 9.17) is 21.1 Å². The lowest BCUT2D eigenvalue weighted by molar-refractivity contribution is -0.0552. The Morgan fingerprint density at radius 1 is 1.48 bits per heavy atom. The molecule has 0 aliphatic carbocycles. The molecule has 0 aromatic carbocycles. The van der Waals surface area contributed by atoms with Gasteiger partial charge in [0.05, 0.1) is 25.0 Å². The number of hydrogen-bond acceptors (Lipinski definition) is 6. The average molecular weight is 346 g/mol. The van der Waals surface area contributed by atoms with Crippen molar-refractivity contribution in [1.82, 2.24) is 19.6 Å². The van der Waals surface area contributed by atoms with Crippen molar-refractivity contribution < 1.29 is 23.0 Å². The molecule has 8 nitrogen and oxygen atoms in total. The van der Waals surface area contributed by atoms with Gasteiger partial charge in [-0.3, -0.25) is 0 Å². The first-order valence-corrected chi connectivity index (χ1v) is 6.79. The maximum absolute atomic E-state index is 12.4. The Labute approximate surface area is 133 Å². The van der Waals surface area contributed by atoms with Gasteiger partial charge in [0, 0.05) is 7.05 Å². The second-order valence-electron chi connectivity index (χ2n) is 4.49. The normalized spacial score (nSPS) is 15.3. The van der Waals surface area contributed by atoms with Crippen molar-refractivity contribution in [1.29, 1.82) is 5.26 Å². The maximum Gasteiger partial charge on any atom is 0.388 e. The minimum Gasteiger partial charge on any atom is -0.415 e. The molecule has 1 saturated heterocycles. The molecule has 0 atom stereocenters. The largest absolute Gasteiger partial charge is 0.415 e. The van der Waals surface area contributed by atoms with Crippen molar-refractivity contribution >= 4 is 11.6 Å². The van der Waals surface area contributed by atoms with Crippen molar-refractivity contribution in [3.63, 3.8) is 0 Å². The fourth-order valence-corrected chi connectivity index (χ4v) is 2.46. The van der Waals surface area contributed by atoms with Gasteiger partial charge in [-0.15, -0.1) is 5.10 Å². The predicted molar refractivity (Wildman–Crippen MR) is 71.3 cm³/mol. The standard InChI is InChI=1S/C12H10ClF2N5O3/c1-19-10(23-12(14)15)7(13)9(18-19)20-8(6(4-16)5-17-20)11-21-2-3-22-11/h5,11-12H,2-3H2,1H3. The molecule has 2 aromatic rings. The molecule has 1 aliphatic heterocycles. The van der Waals surface area contributed by atoms with Gasteiger partial charge in [-0.2, -0.15) is 19.1 Å². The van der Waals surface area contributed by atoms with E-state index in [2.05, 4.69) is 14.9 Å². The van der Waals surface area contributed by atoms with Crippen LogP contribution in [0, 0.1) is 11.3 Å². The smallest absolute Gasteiger partial charge is 0.388 e. The predicted octanol–water partition coefficient (Wildman–Crippen LogP) is 1.78. The van der Waals surface area contributed by atoms with Crippen LogP contribution in [-0.2, 0) is 16.5 Å². The molecule has 3 rings (SSSR count). The summed E-state index contributed by atoms with van der Waals surface area (Å²) in [7, 11) is 1.39. The summed E-state index contributed by atoms with van der Waals surface area (Å²) >= 11 is 6.07. The molecule has 23 heavy (non-hydrogen) atoms. The van der Waals surface area contributed by atoms with Crippen molar-refractivity contribution in [2.45, 2.75) is 12.9 Å². The number of nitrogens with zero attached hydrogens (tertiary/aromatic N) is 5. The van der Waals surface area contributed by atoms with E-state index < -0.39 is 12.9 Å². The molecule has 122 valence electrons. The average Bonchev–Trinajstić information content (AvgIpc) is 3.21. The molecule has 1 fully saturated rings. The van der Waals surface area contributed by atoms with Crippen LogP contribution in [0.2, 0.25) is 5.02 Å². The number of rotatable bonds is 4. The van der Waals surface area contributed by atoms with E-state index in [-0.39, 0.29) is 28.0 Å². The molecule has 0 bridgehead atoms. The van der Waals surface area contributed by atoms with Gasteiger partial charge in [0.1, 0.15) is 16.8 Å². The van der Waals surface area contributed by atoms with E-state index >= 15 is 0 Å². The summed E-state index contributed by atoms with van der Waals surface area (Å²) in [5.41, 5.74) is 0.489. The Kier molecular flexibility index (Phi) is 4.16. The Morgan fingerprint density at radius 2 is 2.17 bits per heavy atom. The lowest BCUT2D eigenvalue weighted by atomic mass is 10.2. The molecule has 0 radical (unpaired) electrons. The molecule has 0 N–H and O–H groups in total. The molecule has 0 saturated carbocycles. The van der Waals surface area contributed by atoms with E-state index in [9.17, 15) is 14.0 Å². The van der Waals surface area contributed by atoms with Crippen molar-refractivity contribution in [2.75, 3.05) is 13.2 Å². The maximum atomic E-state index is 12.4. The van der Waals surface area contributed by atoms with E-state index in [1.807, 2.05) is 6.07 Å². The van der Waals surface area contributed by atoms with Gasteiger partial charge in [0.25, 0.3) is 0 Å². The number of hydrogen-bond donors (Lipinski definition) is 0. The highest BCUT2D eigenvalue weighted by molar-refractivity contribution is 6.33. The van der Waals surface area contributed by atoms with E-state index in [1.54, 1.807) is 0 Å². The molecule has 11 heteroatoms. The summed E-state index contributed by atoms with van der Waals surface area (Å²) in [6, 6.07) is 1.96. The fraction of sp³-hybridized carbons (Fsp3) is 0.417. The number of nitriles is 1. The Hall–Kier alpha value is -2.22. The molecular formula is C12H10ClF2N5O3. The van der Waals surface area contributed by atoms with E-state index in [0.29, 0.717) is 13.2 Å². The summed E-state index contributed by atoms with van der Waals surface area (Å²) in [5, 5.41) is 17.1. The highest BCUT2D eigenvalue weighted by Crippen LogP contribution is 2.34. The zero-order valence-electron chi connectivity index (χ0n) is 11.7. The number of halogens is 3. The molecule has 0 amide bonds. The van der Waals surface area contributed by atoms with Crippen molar-refractivity contribution in [3.05, 3.63) is 22.5 Å². The second kappa shape index (κ2) is 6.11. The van der Waals surface area contributed by atoms with Crippen molar-refractivity contribution in [3.8, 4) is 17.8 Å². The van der Waals surface area contributed by atoms with Crippen LogP contribution in [0.5, 0.6) is 5.88 Å². The topological polar surface area (TPSA) is 87.1 Å². The van der Waals surface area contributed by atoms with Gasteiger partial charge < -0.3 is 14.2 Å². The van der Waals surface area contributed by atoms with Crippen LogP contribution in [0.3, 0.4) is 0 Å². The lowest BCUT2D eigenvalue weighted by Crippen LogP contribution is -2.10. The third-order valence-corrected chi connectivity index (χ3v) is 3.43. The minimum atomic E-state index is -3.05.